The first kappa shape index (κ1) is 44.6. The highest BCUT2D eigenvalue weighted by Gasteiger charge is 2.42. The highest BCUT2D eigenvalue weighted by Crippen LogP contribution is 2.39. The average Bonchev–Trinajstić information content (AvgIpc) is 3.78. The fourth-order valence-corrected chi connectivity index (χ4v) is 8.43. The van der Waals surface area contributed by atoms with E-state index >= 15 is 0 Å². The van der Waals surface area contributed by atoms with Crippen LogP contribution in [0.1, 0.15) is 35.6 Å². The molecule has 1 saturated carbocycles. The molecule has 2 heterocycles. The summed E-state index contributed by atoms with van der Waals surface area (Å²) in [5.74, 6) is -0.315. The van der Waals surface area contributed by atoms with Gasteiger partial charge in [-0.25, -0.2) is 13.2 Å². The van der Waals surface area contributed by atoms with Gasteiger partial charge in [-0.2, -0.15) is 13.1 Å². The van der Waals surface area contributed by atoms with Crippen LogP contribution >= 0.6 is 35.0 Å². The van der Waals surface area contributed by atoms with Crippen LogP contribution in [0.5, 0.6) is 11.5 Å². The topological polar surface area (TPSA) is 144 Å². The van der Waals surface area contributed by atoms with Crippen molar-refractivity contribution >= 4 is 64.5 Å². The van der Waals surface area contributed by atoms with E-state index in [9.17, 15) is 27.2 Å². The summed E-state index contributed by atoms with van der Waals surface area (Å²) in [6, 6.07) is 10.6. The number of sulfonamides is 1. The number of benzene rings is 2. The number of hydrogen-bond donors (Lipinski definition) is 1. The van der Waals surface area contributed by atoms with Crippen LogP contribution in [0.4, 0.5) is 8.78 Å². The Labute approximate surface area is 316 Å². The molecule has 1 saturated heterocycles. The maximum Gasteiger partial charge on any atom is 0.387 e. The van der Waals surface area contributed by atoms with Crippen molar-refractivity contribution in [3.8, 4) is 11.5 Å². The van der Waals surface area contributed by atoms with E-state index in [-0.39, 0.29) is 39.4 Å². The van der Waals surface area contributed by atoms with Crippen LogP contribution in [0.15, 0.2) is 59.8 Å². The van der Waals surface area contributed by atoms with Crippen LogP contribution in [0.25, 0.3) is 0 Å². The molecule has 1 aliphatic heterocycles. The molecule has 2 fully saturated rings. The third kappa shape index (κ3) is 13.1. The summed E-state index contributed by atoms with van der Waals surface area (Å²) >= 11 is 13.9. The van der Waals surface area contributed by atoms with Crippen molar-refractivity contribution in [2.75, 3.05) is 40.0 Å². The molecule has 1 aromatic heterocycles. The van der Waals surface area contributed by atoms with E-state index in [1.54, 1.807) is 19.1 Å². The number of carbonyl (C=O) groups is 3. The fraction of sp³-hybridized carbons (Fsp3) is 0.412. The molecule has 1 unspecified atom stereocenters. The van der Waals surface area contributed by atoms with Crippen LogP contribution in [-0.4, -0.2) is 94.4 Å². The molecule has 5 rings (SSSR count). The van der Waals surface area contributed by atoms with Gasteiger partial charge in [0.2, 0.25) is 22.4 Å². The molecule has 0 spiro atoms. The third-order valence-electron chi connectivity index (χ3n) is 7.09. The minimum absolute atomic E-state index is 0.0353. The quantitative estimate of drug-likeness (QED) is 0.139. The normalized spacial score (nSPS) is 16.0. The number of hydrogen-bond acceptors (Lipinski definition) is 11. The monoisotopic (exact) mass is 808 g/mol. The first-order chi connectivity index (χ1) is 24.6. The van der Waals surface area contributed by atoms with E-state index < -0.39 is 34.1 Å². The van der Waals surface area contributed by atoms with Gasteiger partial charge in [0, 0.05) is 29.0 Å². The van der Waals surface area contributed by atoms with Crippen LogP contribution < -0.4 is 14.2 Å². The lowest BCUT2D eigenvalue weighted by Crippen LogP contribution is -2.40. The summed E-state index contributed by atoms with van der Waals surface area (Å²) in [4.78, 5) is 31.8. The van der Waals surface area contributed by atoms with Crippen LogP contribution in [0, 0.1) is 12.8 Å². The Hall–Kier alpha value is -3.54. The van der Waals surface area contributed by atoms with Gasteiger partial charge in [-0.05, 0) is 82.2 Å². The largest absolute Gasteiger partial charge is 0.489 e. The van der Waals surface area contributed by atoms with Gasteiger partial charge < -0.3 is 28.7 Å². The van der Waals surface area contributed by atoms with Gasteiger partial charge in [-0.3, -0.25) is 5.21 Å². The Bertz CT molecular complexity index is 1710. The second kappa shape index (κ2) is 21.2. The number of rotatable bonds is 12. The lowest BCUT2D eigenvalue weighted by atomic mass is 10.0. The van der Waals surface area contributed by atoms with Crippen molar-refractivity contribution in [3.63, 3.8) is 0 Å². The van der Waals surface area contributed by atoms with E-state index in [0.29, 0.717) is 34.1 Å². The molecule has 2 aromatic carbocycles. The summed E-state index contributed by atoms with van der Waals surface area (Å²) in [5.41, 5.74) is 1.42. The lowest BCUT2D eigenvalue weighted by Gasteiger charge is -2.26. The zero-order chi connectivity index (χ0) is 39.2. The molecule has 1 N–H and O–H groups in total. The molecule has 0 bridgehead atoms. The smallest absolute Gasteiger partial charge is 0.387 e. The van der Waals surface area contributed by atoms with Gasteiger partial charge >= 0.3 is 12.6 Å². The highest BCUT2D eigenvalue weighted by molar-refractivity contribution is 8.02. The van der Waals surface area contributed by atoms with Crippen LogP contribution in [-0.2, 0) is 35.6 Å². The SMILES string of the molecule is C=O.C=O.CN(C)C.Cc1cccc(S(=O)(=O)N2CCS[C@H]2C(=O)OC(Cc2c(Cl)c[n+](O)cc2Cl)c2ccc(OC(F)F)c(OCC3CC3)c2)c1. The van der Waals surface area contributed by atoms with Crippen molar-refractivity contribution in [3.05, 3.63) is 81.6 Å². The fourth-order valence-electron chi connectivity index (χ4n) is 4.67. The van der Waals surface area contributed by atoms with Crippen molar-refractivity contribution in [1.29, 1.82) is 0 Å². The number of nitrogens with zero attached hydrogens (tertiary/aromatic N) is 3. The second-order valence-electron chi connectivity index (χ2n) is 11.8. The van der Waals surface area contributed by atoms with Gasteiger partial charge in [0.15, 0.2) is 16.9 Å². The summed E-state index contributed by atoms with van der Waals surface area (Å²) in [5, 5.41) is 8.79. The highest BCUT2D eigenvalue weighted by atomic mass is 35.5. The molecule has 3 aromatic rings. The molecule has 1 aliphatic carbocycles. The maximum absolute atomic E-state index is 13.7. The molecule has 18 heteroatoms. The van der Waals surface area contributed by atoms with Crippen molar-refractivity contribution in [2.45, 2.75) is 49.2 Å². The van der Waals surface area contributed by atoms with E-state index in [0.717, 1.165) is 34.5 Å². The maximum atomic E-state index is 13.7. The van der Waals surface area contributed by atoms with Crippen LogP contribution in [0.3, 0.4) is 0 Å². The zero-order valence-electron chi connectivity index (χ0n) is 29.0. The standard InChI is InChI=1S/C29H29Cl2F2N2O7S2.C3H9N.2CH2O/c1-17-3-2-4-20(11-17)44(38,39)35-9-10-43-27(35)28(36)41-25(13-21-22(30)14-34(37)15-23(21)31)19-7-8-24(42-29(32)33)26(12-19)40-16-18-5-6-18;1-4(2)3;2*1-2/h2-4,7-8,11-12,14-15,18,25,27,29,37H,5-6,9-10,13,16H2,1H3;1-3H3;2*1H2/q+1;;;/t25?,27-;;;/m0.../s1. The van der Waals surface area contributed by atoms with Crippen molar-refractivity contribution in [1.82, 2.24) is 9.21 Å². The summed E-state index contributed by atoms with van der Waals surface area (Å²) in [7, 11) is 1.96. The first-order valence-corrected chi connectivity index (χ1v) is 18.8. The predicted octanol–water partition coefficient (Wildman–Crippen LogP) is 5.62. The molecule has 2 atom stereocenters. The Morgan fingerprint density at radius 3 is 2.23 bits per heavy atom. The Morgan fingerprint density at radius 2 is 1.67 bits per heavy atom. The predicted molar refractivity (Wildman–Crippen MR) is 193 cm³/mol. The summed E-state index contributed by atoms with van der Waals surface area (Å²) in [6.07, 6.45) is 3.12. The second-order valence-corrected chi connectivity index (χ2v) is 15.7. The molecule has 0 amide bonds. The van der Waals surface area contributed by atoms with E-state index in [1.807, 2.05) is 39.6 Å². The molecular weight excluding hydrogens is 767 g/mol. The van der Waals surface area contributed by atoms with Gasteiger partial charge in [-0.15, -0.1) is 11.8 Å². The number of pyridine rings is 1. The third-order valence-corrected chi connectivity index (χ3v) is 10.9. The van der Waals surface area contributed by atoms with E-state index in [1.165, 1.54) is 42.7 Å². The zero-order valence-corrected chi connectivity index (χ0v) is 32.2. The summed E-state index contributed by atoms with van der Waals surface area (Å²) in [6.45, 7) is 3.07. The lowest BCUT2D eigenvalue weighted by molar-refractivity contribution is -0.904. The number of ether oxygens (including phenoxy) is 3. The Kier molecular flexibility index (Phi) is 18.2. The molecule has 52 heavy (non-hydrogen) atoms. The number of alkyl halides is 2. The van der Waals surface area contributed by atoms with Crippen molar-refractivity contribution in [2.24, 2.45) is 5.92 Å². The number of aryl methyl sites for hydroxylation is 1. The number of thioether (sulfide) groups is 1. The average molecular weight is 810 g/mol. The number of carbonyl (C=O) groups excluding carboxylic acids is 3. The Morgan fingerprint density at radius 1 is 1.06 bits per heavy atom. The molecule has 12 nitrogen and oxygen atoms in total. The number of halogens is 4. The van der Waals surface area contributed by atoms with Gasteiger partial charge in [0.05, 0.1) is 11.5 Å². The van der Waals surface area contributed by atoms with E-state index in [4.69, 9.17) is 42.3 Å². The summed E-state index contributed by atoms with van der Waals surface area (Å²) < 4.78 is 71.6. The van der Waals surface area contributed by atoms with Gasteiger partial charge in [0.1, 0.15) is 29.7 Å². The number of esters is 1. The van der Waals surface area contributed by atoms with Gasteiger partial charge in [-0.1, -0.05) is 41.4 Å². The minimum Gasteiger partial charge on any atom is -0.489 e. The molecule has 286 valence electrons. The molecule has 0 radical (unpaired) electrons. The van der Waals surface area contributed by atoms with Gasteiger partial charge in [0.25, 0.3) is 0 Å². The minimum atomic E-state index is -4.04. The molecule has 2 aliphatic rings. The van der Waals surface area contributed by atoms with Crippen LogP contribution in [0.2, 0.25) is 10.0 Å². The molecular formula is C34H42Cl2F2N3O9S2+. The van der Waals surface area contributed by atoms with Crippen molar-refractivity contribution < 1.29 is 55.7 Å². The number of aromatic nitrogens is 1. The Balaban J connectivity index is 0.00000108. The van der Waals surface area contributed by atoms with E-state index in [2.05, 4.69) is 4.74 Å². The first-order valence-electron chi connectivity index (χ1n) is 15.5.